The second-order valence-electron chi connectivity index (χ2n) is 4.89. The Morgan fingerprint density at radius 3 is 2.57 bits per heavy atom. The molecule has 0 saturated carbocycles. The smallest absolute Gasteiger partial charge is 0.136 e. The Balaban J connectivity index is 2.24. The summed E-state index contributed by atoms with van der Waals surface area (Å²) in [5, 5.41) is 6.70. The van der Waals surface area contributed by atoms with Crippen molar-refractivity contribution in [2.24, 2.45) is 0 Å². The van der Waals surface area contributed by atoms with Crippen LogP contribution in [0.4, 0.5) is 17.3 Å². The van der Waals surface area contributed by atoms with Gasteiger partial charge in [0.15, 0.2) is 0 Å². The molecule has 0 amide bonds. The first-order valence-corrected chi connectivity index (χ1v) is 8.06. The van der Waals surface area contributed by atoms with Gasteiger partial charge in [-0.25, -0.2) is 9.97 Å². The number of rotatable bonds is 6. The van der Waals surface area contributed by atoms with Gasteiger partial charge in [0.2, 0.25) is 0 Å². The summed E-state index contributed by atoms with van der Waals surface area (Å²) in [6.07, 6.45) is 2.03. The SMILES string of the molecule is CCCNc1cc(Nc2ccc(Br)cc2CC)nc(C)n1. The summed E-state index contributed by atoms with van der Waals surface area (Å²) in [4.78, 5) is 8.86. The predicted molar refractivity (Wildman–Crippen MR) is 92.4 cm³/mol. The van der Waals surface area contributed by atoms with Crippen molar-refractivity contribution in [3.63, 3.8) is 0 Å². The highest BCUT2D eigenvalue weighted by Crippen LogP contribution is 2.25. The maximum absolute atomic E-state index is 4.46. The second-order valence-corrected chi connectivity index (χ2v) is 5.81. The van der Waals surface area contributed by atoms with Crippen molar-refractivity contribution in [3.8, 4) is 0 Å². The van der Waals surface area contributed by atoms with Crippen LogP contribution in [0.2, 0.25) is 0 Å². The number of anilines is 3. The molecule has 0 fully saturated rings. The second kappa shape index (κ2) is 7.41. The van der Waals surface area contributed by atoms with Crippen LogP contribution in [0.1, 0.15) is 31.7 Å². The van der Waals surface area contributed by atoms with Crippen LogP contribution in [0, 0.1) is 6.92 Å². The van der Waals surface area contributed by atoms with E-state index in [9.17, 15) is 0 Å². The molecule has 112 valence electrons. The van der Waals surface area contributed by atoms with E-state index in [1.54, 1.807) is 0 Å². The highest BCUT2D eigenvalue weighted by molar-refractivity contribution is 9.10. The van der Waals surface area contributed by atoms with E-state index in [2.05, 4.69) is 62.5 Å². The first-order valence-electron chi connectivity index (χ1n) is 7.27. The fraction of sp³-hybridized carbons (Fsp3) is 0.375. The van der Waals surface area contributed by atoms with Crippen molar-refractivity contribution >= 4 is 33.3 Å². The number of halogens is 1. The Morgan fingerprint density at radius 1 is 1.10 bits per heavy atom. The summed E-state index contributed by atoms with van der Waals surface area (Å²) in [7, 11) is 0. The molecule has 0 bridgehead atoms. The molecule has 0 radical (unpaired) electrons. The lowest BCUT2D eigenvalue weighted by Gasteiger charge is -2.13. The molecule has 0 atom stereocenters. The summed E-state index contributed by atoms with van der Waals surface area (Å²) in [6, 6.07) is 8.18. The van der Waals surface area contributed by atoms with Gasteiger partial charge in [0, 0.05) is 22.8 Å². The summed E-state index contributed by atoms with van der Waals surface area (Å²) in [5.41, 5.74) is 2.34. The normalized spacial score (nSPS) is 10.5. The van der Waals surface area contributed by atoms with E-state index < -0.39 is 0 Å². The molecule has 0 spiro atoms. The lowest BCUT2D eigenvalue weighted by Crippen LogP contribution is -2.06. The molecule has 1 aromatic heterocycles. The van der Waals surface area contributed by atoms with Crippen LogP contribution in [0.25, 0.3) is 0 Å². The molecular formula is C16H21BrN4. The van der Waals surface area contributed by atoms with Crippen molar-refractivity contribution in [1.82, 2.24) is 9.97 Å². The van der Waals surface area contributed by atoms with E-state index in [-0.39, 0.29) is 0 Å². The summed E-state index contributed by atoms with van der Waals surface area (Å²) in [6.45, 7) is 7.10. The van der Waals surface area contributed by atoms with Gasteiger partial charge in [-0.15, -0.1) is 0 Å². The molecule has 0 aliphatic heterocycles. The van der Waals surface area contributed by atoms with Crippen molar-refractivity contribution < 1.29 is 0 Å². The number of hydrogen-bond acceptors (Lipinski definition) is 4. The van der Waals surface area contributed by atoms with Crippen LogP contribution in [0.15, 0.2) is 28.7 Å². The monoisotopic (exact) mass is 348 g/mol. The summed E-state index contributed by atoms with van der Waals surface area (Å²) >= 11 is 3.51. The maximum Gasteiger partial charge on any atom is 0.136 e. The fourth-order valence-electron chi connectivity index (χ4n) is 2.09. The Morgan fingerprint density at radius 2 is 1.86 bits per heavy atom. The fourth-order valence-corrected chi connectivity index (χ4v) is 2.50. The number of hydrogen-bond donors (Lipinski definition) is 2. The van der Waals surface area contributed by atoms with Crippen molar-refractivity contribution in [2.45, 2.75) is 33.6 Å². The molecule has 21 heavy (non-hydrogen) atoms. The third-order valence-electron chi connectivity index (χ3n) is 3.10. The largest absolute Gasteiger partial charge is 0.370 e. The van der Waals surface area contributed by atoms with Crippen molar-refractivity contribution in [3.05, 3.63) is 40.1 Å². The zero-order valence-corrected chi connectivity index (χ0v) is 14.3. The average molecular weight is 349 g/mol. The minimum atomic E-state index is 0.758. The van der Waals surface area contributed by atoms with Crippen LogP contribution in [0.3, 0.4) is 0 Å². The summed E-state index contributed by atoms with van der Waals surface area (Å²) < 4.78 is 1.09. The van der Waals surface area contributed by atoms with Gasteiger partial charge in [-0.05, 0) is 43.5 Å². The third-order valence-corrected chi connectivity index (χ3v) is 3.60. The van der Waals surface area contributed by atoms with Crippen LogP contribution in [0.5, 0.6) is 0 Å². The quantitative estimate of drug-likeness (QED) is 0.795. The molecule has 2 rings (SSSR count). The molecule has 1 heterocycles. The topological polar surface area (TPSA) is 49.8 Å². The van der Waals surface area contributed by atoms with Crippen molar-refractivity contribution in [1.29, 1.82) is 0 Å². The lowest BCUT2D eigenvalue weighted by atomic mass is 10.1. The number of aryl methyl sites for hydroxylation is 2. The first kappa shape index (κ1) is 15.8. The molecule has 0 aliphatic rings. The zero-order valence-electron chi connectivity index (χ0n) is 12.7. The Kier molecular flexibility index (Phi) is 5.56. The van der Waals surface area contributed by atoms with Gasteiger partial charge >= 0.3 is 0 Å². The molecule has 0 unspecified atom stereocenters. The molecule has 2 aromatic rings. The standard InChI is InChI=1S/C16H21BrN4/c1-4-8-18-15-10-16(20-11(3)19-15)21-14-7-6-13(17)9-12(14)5-2/h6-7,9-10H,4-5,8H2,1-3H3,(H2,18,19,20,21). The van der Waals surface area contributed by atoms with E-state index in [1.807, 2.05) is 19.1 Å². The number of nitrogens with one attached hydrogen (secondary N) is 2. The minimum absolute atomic E-state index is 0.758. The van der Waals surface area contributed by atoms with Gasteiger partial charge in [-0.3, -0.25) is 0 Å². The molecule has 2 N–H and O–H groups in total. The van der Waals surface area contributed by atoms with E-state index >= 15 is 0 Å². The highest BCUT2D eigenvalue weighted by Gasteiger charge is 2.05. The van der Waals surface area contributed by atoms with Gasteiger partial charge < -0.3 is 10.6 Å². The van der Waals surface area contributed by atoms with Gasteiger partial charge in [-0.2, -0.15) is 0 Å². The Labute approximate surface area is 134 Å². The molecule has 5 heteroatoms. The first-order chi connectivity index (χ1) is 10.1. The molecule has 4 nitrogen and oxygen atoms in total. The van der Waals surface area contributed by atoms with Gasteiger partial charge in [-0.1, -0.05) is 29.8 Å². The van der Waals surface area contributed by atoms with Crippen molar-refractivity contribution in [2.75, 3.05) is 17.2 Å². The van der Waals surface area contributed by atoms with Gasteiger partial charge in [0.05, 0.1) is 0 Å². The Bertz CT molecular complexity index is 613. The maximum atomic E-state index is 4.46. The van der Waals surface area contributed by atoms with Crippen LogP contribution in [-0.2, 0) is 6.42 Å². The van der Waals surface area contributed by atoms with Crippen LogP contribution >= 0.6 is 15.9 Å². The minimum Gasteiger partial charge on any atom is -0.370 e. The van der Waals surface area contributed by atoms with E-state index in [0.29, 0.717) is 0 Å². The number of aromatic nitrogens is 2. The highest BCUT2D eigenvalue weighted by atomic mass is 79.9. The van der Waals surface area contributed by atoms with Crippen LogP contribution < -0.4 is 10.6 Å². The molecule has 0 saturated heterocycles. The summed E-state index contributed by atoms with van der Waals surface area (Å²) in [5.74, 6) is 2.44. The van der Waals surface area contributed by atoms with Gasteiger partial charge in [0.25, 0.3) is 0 Å². The van der Waals surface area contributed by atoms with Gasteiger partial charge in [0.1, 0.15) is 17.5 Å². The third kappa shape index (κ3) is 4.43. The molecular weight excluding hydrogens is 328 g/mol. The lowest BCUT2D eigenvalue weighted by molar-refractivity contribution is 0.955. The number of nitrogens with zero attached hydrogens (tertiary/aromatic N) is 2. The average Bonchev–Trinajstić information content (AvgIpc) is 2.46. The van der Waals surface area contributed by atoms with E-state index in [1.165, 1.54) is 5.56 Å². The molecule has 1 aromatic carbocycles. The number of benzene rings is 1. The predicted octanol–water partition coefficient (Wildman–Crippen LogP) is 4.68. The zero-order chi connectivity index (χ0) is 15.2. The van der Waals surface area contributed by atoms with E-state index in [4.69, 9.17) is 0 Å². The Hall–Kier alpha value is -1.62. The molecule has 0 aliphatic carbocycles. The van der Waals surface area contributed by atoms with E-state index in [0.717, 1.165) is 47.0 Å². The van der Waals surface area contributed by atoms with Crippen LogP contribution in [-0.4, -0.2) is 16.5 Å².